The van der Waals surface area contributed by atoms with Crippen molar-refractivity contribution >= 4 is 0 Å². The van der Waals surface area contributed by atoms with Gasteiger partial charge in [-0.1, -0.05) is 5.16 Å². The van der Waals surface area contributed by atoms with Gasteiger partial charge in [-0.05, 0) is 38.8 Å². The fourth-order valence-electron chi connectivity index (χ4n) is 1.92. The summed E-state index contributed by atoms with van der Waals surface area (Å²) in [7, 11) is 0. The summed E-state index contributed by atoms with van der Waals surface area (Å²) in [5, 5.41) is 7.19. The second kappa shape index (κ2) is 5.58. The maximum atomic E-state index is 5.75. The second-order valence-corrected chi connectivity index (χ2v) is 5.08. The highest BCUT2D eigenvalue weighted by molar-refractivity contribution is 5.29. The van der Waals surface area contributed by atoms with Crippen LogP contribution < -0.4 is 10.1 Å². The maximum absolute atomic E-state index is 5.75. The van der Waals surface area contributed by atoms with E-state index < -0.39 is 0 Å². The zero-order chi connectivity index (χ0) is 13.9. The van der Waals surface area contributed by atoms with Crippen molar-refractivity contribution in [3.05, 3.63) is 35.2 Å². The molecular formula is C14H18N4O2. The first-order chi connectivity index (χ1) is 9.70. The fourth-order valence-corrected chi connectivity index (χ4v) is 1.92. The third-order valence-electron chi connectivity index (χ3n) is 3.13. The molecule has 6 heteroatoms. The van der Waals surface area contributed by atoms with E-state index in [9.17, 15) is 0 Å². The van der Waals surface area contributed by atoms with Crippen molar-refractivity contribution < 1.29 is 9.26 Å². The van der Waals surface area contributed by atoms with Crippen molar-refractivity contribution in [2.24, 2.45) is 0 Å². The van der Waals surface area contributed by atoms with Crippen molar-refractivity contribution in [1.82, 2.24) is 20.4 Å². The van der Waals surface area contributed by atoms with Crippen LogP contribution in [0.15, 0.2) is 16.7 Å². The zero-order valence-electron chi connectivity index (χ0n) is 11.7. The van der Waals surface area contributed by atoms with Gasteiger partial charge in [0.25, 0.3) is 5.89 Å². The lowest BCUT2D eigenvalue weighted by Gasteiger charge is -2.10. The summed E-state index contributed by atoms with van der Waals surface area (Å²) in [6.45, 7) is 4.75. The number of pyridine rings is 1. The summed E-state index contributed by atoms with van der Waals surface area (Å²) < 4.78 is 10.8. The predicted octanol–water partition coefficient (Wildman–Crippen LogP) is 1.91. The summed E-state index contributed by atoms with van der Waals surface area (Å²) in [5.74, 6) is 1.85. The molecule has 2 heterocycles. The van der Waals surface area contributed by atoms with Crippen LogP contribution in [0.1, 0.15) is 35.9 Å². The highest BCUT2D eigenvalue weighted by atomic mass is 16.5. The number of nitrogens with zero attached hydrogens (tertiary/aromatic N) is 3. The molecule has 0 unspecified atom stereocenters. The van der Waals surface area contributed by atoms with E-state index in [1.54, 1.807) is 6.92 Å². The monoisotopic (exact) mass is 274 g/mol. The third kappa shape index (κ3) is 3.33. The normalized spacial score (nSPS) is 14.5. The van der Waals surface area contributed by atoms with Gasteiger partial charge in [-0.25, -0.2) is 0 Å². The van der Waals surface area contributed by atoms with Crippen molar-refractivity contribution in [2.45, 2.75) is 45.9 Å². The maximum Gasteiger partial charge on any atom is 0.264 e. The molecule has 20 heavy (non-hydrogen) atoms. The van der Waals surface area contributed by atoms with Gasteiger partial charge in [0.15, 0.2) is 12.4 Å². The van der Waals surface area contributed by atoms with Gasteiger partial charge >= 0.3 is 0 Å². The molecule has 0 aromatic carbocycles. The molecule has 3 rings (SSSR count). The smallest absolute Gasteiger partial charge is 0.264 e. The molecule has 106 valence electrons. The van der Waals surface area contributed by atoms with Crippen molar-refractivity contribution in [3.63, 3.8) is 0 Å². The first kappa shape index (κ1) is 13.1. The number of hydrogen-bond acceptors (Lipinski definition) is 6. The average molecular weight is 274 g/mol. The molecule has 1 N–H and O–H groups in total. The zero-order valence-corrected chi connectivity index (χ0v) is 11.7. The van der Waals surface area contributed by atoms with Crippen LogP contribution >= 0.6 is 0 Å². The number of aromatic nitrogens is 3. The Labute approximate surface area is 117 Å². The minimum absolute atomic E-state index is 0.266. The minimum atomic E-state index is 0.266. The number of nitrogens with one attached hydrogen (secondary N) is 1. The molecule has 1 saturated carbocycles. The minimum Gasteiger partial charge on any atom is -0.482 e. The number of aryl methyl sites for hydroxylation is 2. The molecule has 0 radical (unpaired) electrons. The van der Waals surface area contributed by atoms with Gasteiger partial charge < -0.3 is 14.6 Å². The molecule has 2 aromatic heterocycles. The van der Waals surface area contributed by atoms with Gasteiger partial charge in [0.05, 0.1) is 5.69 Å². The lowest BCUT2D eigenvalue weighted by Crippen LogP contribution is -2.17. The largest absolute Gasteiger partial charge is 0.482 e. The Bertz CT molecular complexity index is 593. The molecule has 1 aliphatic carbocycles. The lowest BCUT2D eigenvalue weighted by atomic mass is 10.3. The van der Waals surface area contributed by atoms with Gasteiger partial charge in [-0.3, -0.25) is 4.98 Å². The van der Waals surface area contributed by atoms with Crippen LogP contribution in [-0.4, -0.2) is 21.2 Å². The molecule has 0 aliphatic heterocycles. The Hall–Kier alpha value is -1.95. The summed E-state index contributed by atoms with van der Waals surface area (Å²) in [6.07, 6.45) is 2.51. The van der Waals surface area contributed by atoms with E-state index in [-0.39, 0.29) is 6.61 Å². The third-order valence-corrected chi connectivity index (χ3v) is 3.13. The van der Waals surface area contributed by atoms with E-state index in [0.29, 0.717) is 17.8 Å². The van der Waals surface area contributed by atoms with Gasteiger partial charge in [0.1, 0.15) is 5.75 Å². The molecule has 1 fully saturated rings. The van der Waals surface area contributed by atoms with Crippen molar-refractivity contribution in [3.8, 4) is 5.75 Å². The number of ether oxygens (including phenoxy) is 1. The van der Waals surface area contributed by atoms with E-state index in [1.165, 1.54) is 12.8 Å². The van der Waals surface area contributed by atoms with Crippen LogP contribution in [0, 0.1) is 13.8 Å². The Kier molecular flexibility index (Phi) is 3.64. The molecule has 0 spiro atoms. The highest BCUT2D eigenvalue weighted by Gasteiger charge is 2.21. The SMILES string of the molecule is Cc1ccc(OCc2nc(C)no2)c(CNC2CC2)n1. The molecule has 2 aromatic rings. The standard InChI is InChI=1S/C14H18N4O2/c1-9-3-6-13(12(16-9)7-15-11-4-5-11)19-8-14-17-10(2)18-20-14/h3,6,11,15H,4-5,7-8H2,1-2H3. The van der Waals surface area contributed by atoms with Crippen LogP contribution in [-0.2, 0) is 13.2 Å². The topological polar surface area (TPSA) is 73.1 Å². The first-order valence-electron chi connectivity index (χ1n) is 6.82. The first-order valence-corrected chi connectivity index (χ1v) is 6.82. The van der Waals surface area contributed by atoms with Gasteiger partial charge in [0, 0.05) is 18.3 Å². The lowest BCUT2D eigenvalue weighted by molar-refractivity contribution is 0.239. The Morgan fingerprint density at radius 2 is 2.15 bits per heavy atom. The molecule has 0 amide bonds. The van der Waals surface area contributed by atoms with Crippen LogP contribution in [0.4, 0.5) is 0 Å². The van der Waals surface area contributed by atoms with Crippen LogP contribution in [0.5, 0.6) is 5.75 Å². The van der Waals surface area contributed by atoms with Crippen LogP contribution in [0.25, 0.3) is 0 Å². The quantitative estimate of drug-likeness (QED) is 0.867. The van der Waals surface area contributed by atoms with Gasteiger partial charge in [-0.15, -0.1) is 0 Å². The van der Waals surface area contributed by atoms with Crippen LogP contribution in [0.3, 0.4) is 0 Å². The number of hydrogen-bond donors (Lipinski definition) is 1. The van der Waals surface area contributed by atoms with E-state index in [0.717, 1.165) is 23.7 Å². The Morgan fingerprint density at radius 3 is 2.85 bits per heavy atom. The number of rotatable bonds is 6. The van der Waals surface area contributed by atoms with Crippen molar-refractivity contribution in [2.75, 3.05) is 0 Å². The predicted molar refractivity (Wildman–Crippen MR) is 72.2 cm³/mol. The molecule has 0 bridgehead atoms. The molecule has 1 aliphatic rings. The van der Waals surface area contributed by atoms with E-state index in [4.69, 9.17) is 9.26 Å². The van der Waals surface area contributed by atoms with Gasteiger partial charge in [-0.2, -0.15) is 4.98 Å². The van der Waals surface area contributed by atoms with Gasteiger partial charge in [0.2, 0.25) is 0 Å². The Morgan fingerprint density at radius 1 is 1.30 bits per heavy atom. The molecule has 0 atom stereocenters. The average Bonchev–Trinajstić information content (AvgIpc) is 3.17. The Balaban J connectivity index is 1.66. The van der Waals surface area contributed by atoms with E-state index in [2.05, 4.69) is 20.4 Å². The summed E-state index contributed by atoms with van der Waals surface area (Å²) >= 11 is 0. The molecule has 6 nitrogen and oxygen atoms in total. The van der Waals surface area contributed by atoms with E-state index >= 15 is 0 Å². The summed E-state index contributed by atoms with van der Waals surface area (Å²) in [6, 6.07) is 4.52. The molecular weight excluding hydrogens is 256 g/mol. The van der Waals surface area contributed by atoms with Crippen molar-refractivity contribution in [1.29, 1.82) is 0 Å². The highest BCUT2D eigenvalue weighted by Crippen LogP contribution is 2.22. The summed E-state index contributed by atoms with van der Waals surface area (Å²) in [5.41, 5.74) is 1.91. The fraction of sp³-hybridized carbons (Fsp3) is 0.500. The van der Waals surface area contributed by atoms with E-state index in [1.807, 2.05) is 19.1 Å². The van der Waals surface area contributed by atoms with Crippen LogP contribution in [0.2, 0.25) is 0 Å². The second-order valence-electron chi connectivity index (χ2n) is 5.08. The summed E-state index contributed by atoms with van der Waals surface area (Å²) in [4.78, 5) is 8.65. The molecule has 0 saturated heterocycles.